The molecule has 3 heterocycles. The van der Waals surface area contributed by atoms with Crippen LogP contribution in [0.1, 0.15) is 28.4 Å². The summed E-state index contributed by atoms with van der Waals surface area (Å²) in [6.07, 6.45) is 1.58. The highest BCUT2D eigenvalue weighted by molar-refractivity contribution is 7.89. The van der Waals surface area contributed by atoms with Crippen molar-refractivity contribution in [2.75, 3.05) is 64.3 Å². The summed E-state index contributed by atoms with van der Waals surface area (Å²) < 4.78 is 30.2. The normalized spacial score (nSPS) is 18.7. The molecular formula is C23H34N6O3S. The molecule has 0 bridgehead atoms. The Balaban J connectivity index is 1.55. The number of piperazine rings is 2. The van der Waals surface area contributed by atoms with Crippen molar-refractivity contribution in [3.8, 4) is 0 Å². The number of hydrogen-bond donors (Lipinski definition) is 0. The van der Waals surface area contributed by atoms with Crippen molar-refractivity contribution < 1.29 is 13.2 Å². The minimum Gasteiger partial charge on any atom is -0.369 e. The van der Waals surface area contributed by atoms with Crippen molar-refractivity contribution in [1.29, 1.82) is 0 Å². The van der Waals surface area contributed by atoms with Gasteiger partial charge in [-0.05, 0) is 45.0 Å². The lowest BCUT2D eigenvalue weighted by atomic mass is 10.1. The first-order valence-corrected chi connectivity index (χ1v) is 13.0. The Morgan fingerprint density at radius 2 is 1.67 bits per heavy atom. The van der Waals surface area contributed by atoms with E-state index in [2.05, 4.69) is 40.9 Å². The van der Waals surface area contributed by atoms with E-state index in [4.69, 9.17) is 0 Å². The molecule has 2 aliphatic heterocycles. The third-order valence-electron chi connectivity index (χ3n) is 6.81. The fraction of sp³-hybridized carbons (Fsp3) is 0.565. The van der Waals surface area contributed by atoms with Gasteiger partial charge in [0.1, 0.15) is 0 Å². The van der Waals surface area contributed by atoms with E-state index in [0.29, 0.717) is 45.8 Å². The zero-order valence-corrected chi connectivity index (χ0v) is 20.8. The topological polar surface area (TPSA) is 82.0 Å². The molecule has 2 saturated heterocycles. The number of carbonyl (C=O) groups is 1. The second-order valence-corrected chi connectivity index (χ2v) is 10.8. The Labute approximate surface area is 196 Å². The highest BCUT2D eigenvalue weighted by atomic mass is 32.2. The van der Waals surface area contributed by atoms with Gasteiger partial charge >= 0.3 is 0 Å². The maximum absolute atomic E-state index is 13.6. The number of carbonyl (C=O) groups excluding carboxylic acids is 1. The Bertz CT molecular complexity index is 1110. The maximum Gasteiger partial charge on any atom is 0.263 e. The molecule has 0 N–H and O–H groups in total. The van der Waals surface area contributed by atoms with E-state index in [1.54, 1.807) is 15.8 Å². The monoisotopic (exact) mass is 474 g/mol. The van der Waals surface area contributed by atoms with Crippen LogP contribution in [0.15, 0.2) is 29.4 Å². The van der Waals surface area contributed by atoms with Gasteiger partial charge in [0.2, 0.25) is 5.03 Å². The van der Waals surface area contributed by atoms with Crippen molar-refractivity contribution in [2.45, 2.75) is 32.3 Å². The van der Waals surface area contributed by atoms with Crippen LogP contribution >= 0.6 is 0 Å². The number of amides is 1. The average Bonchev–Trinajstić information content (AvgIpc) is 3.27. The second-order valence-electron chi connectivity index (χ2n) is 8.91. The summed E-state index contributed by atoms with van der Waals surface area (Å²) in [5, 5.41) is 4.21. The van der Waals surface area contributed by atoms with Crippen LogP contribution in [0.2, 0.25) is 0 Å². The second kappa shape index (κ2) is 9.44. The van der Waals surface area contributed by atoms with Gasteiger partial charge in [0.15, 0.2) is 0 Å². The predicted octanol–water partition coefficient (Wildman–Crippen LogP) is 1.42. The highest BCUT2D eigenvalue weighted by Crippen LogP contribution is 2.27. The fourth-order valence-corrected chi connectivity index (χ4v) is 5.97. The average molecular weight is 475 g/mol. The molecule has 1 aromatic heterocycles. The first-order chi connectivity index (χ1) is 15.7. The smallest absolute Gasteiger partial charge is 0.263 e. The number of nitrogens with zero attached hydrogens (tertiary/aromatic N) is 6. The standard InChI is InChI=1S/C23H34N6O3S/c1-5-28-17-20(23(30)27-11-9-25(4)10-12-27)22(24-28)33(31,32)29-15-13-26(14-16-29)21-8-6-7-18(2)19(21)3/h6-8,17H,5,9-16H2,1-4H3. The Hall–Kier alpha value is -2.43. The predicted molar refractivity (Wildman–Crippen MR) is 128 cm³/mol. The number of hydrogen-bond acceptors (Lipinski definition) is 6. The van der Waals surface area contributed by atoms with Crippen LogP contribution in [0.25, 0.3) is 0 Å². The number of sulfonamides is 1. The van der Waals surface area contributed by atoms with Crippen LogP contribution in [0.4, 0.5) is 5.69 Å². The van der Waals surface area contributed by atoms with E-state index in [1.807, 2.05) is 20.0 Å². The van der Waals surface area contributed by atoms with Gasteiger partial charge in [0.05, 0.1) is 5.56 Å². The Morgan fingerprint density at radius 1 is 1.00 bits per heavy atom. The molecule has 0 aliphatic carbocycles. The van der Waals surface area contributed by atoms with Gasteiger partial charge in [-0.2, -0.15) is 9.40 Å². The highest BCUT2D eigenvalue weighted by Gasteiger charge is 2.36. The van der Waals surface area contributed by atoms with Crippen molar-refractivity contribution in [2.24, 2.45) is 0 Å². The van der Waals surface area contributed by atoms with E-state index < -0.39 is 10.0 Å². The summed E-state index contributed by atoms with van der Waals surface area (Å²) >= 11 is 0. The lowest BCUT2D eigenvalue weighted by molar-refractivity contribution is 0.0660. The summed E-state index contributed by atoms with van der Waals surface area (Å²) in [6.45, 7) is 11.2. The lowest BCUT2D eigenvalue weighted by Crippen LogP contribution is -2.49. The van der Waals surface area contributed by atoms with Crippen LogP contribution < -0.4 is 4.90 Å². The molecule has 33 heavy (non-hydrogen) atoms. The molecule has 9 nitrogen and oxygen atoms in total. The molecule has 2 fully saturated rings. The number of benzene rings is 1. The van der Waals surface area contributed by atoms with Gasteiger partial charge in [-0.1, -0.05) is 12.1 Å². The number of aryl methyl sites for hydroxylation is 2. The fourth-order valence-electron chi connectivity index (χ4n) is 4.45. The van der Waals surface area contributed by atoms with Crippen molar-refractivity contribution in [3.63, 3.8) is 0 Å². The zero-order chi connectivity index (χ0) is 23.8. The minimum absolute atomic E-state index is 0.117. The van der Waals surface area contributed by atoms with Gasteiger partial charge in [-0.15, -0.1) is 0 Å². The molecule has 1 amide bonds. The molecule has 4 rings (SSSR count). The lowest BCUT2D eigenvalue weighted by Gasteiger charge is -2.36. The summed E-state index contributed by atoms with van der Waals surface area (Å²) in [7, 11) is -1.86. The van der Waals surface area contributed by atoms with Gasteiger partial charge in [-0.25, -0.2) is 8.42 Å². The first-order valence-electron chi connectivity index (χ1n) is 11.6. The molecule has 0 atom stereocenters. The van der Waals surface area contributed by atoms with Gasteiger partial charge in [-0.3, -0.25) is 9.48 Å². The molecule has 1 aromatic carbocycles. The first kappa shape index (κ1) is 23.7. The summed E-state index contributed by atoms with van der Waals surface area (Å²) in [4.78, 5) is 19.4. The molecule has 10 heteroatoms. The van der Waals surface area contributed by atoms with E-state index >= 15 is 0 Å². The number of rotatable bonds is 5. The van der Waals surface area contributed by atoms with E-state index in [0.717, 1.165) is 18.8 Å². The molecule has 0 unspecified atom stereocenters. The molecule has 180 valence electrons. The summed E-state index contributed by atoms with van der Waals surface area (Å²) in [5.41, 5.74) is 3.77. The molecule has 0 radical (unpaired) electrons. The van der Waals surface area contributed by atoms with Crippen LogP contribution in [0, 0.1) is 13.8 Å². The van der Waals surface area contributed by atoms with Crippen LogP contribution in [-0.4, -0.2) is 97.6 Å². The Kier molecular flexibility index (Phi) is 6.78. The molecular weight excluding hydrogens is 440 g/mol. The third-order valence-corrected chi connectivity index (χ3v) is 8.65. The van der Waals surface area contributed by atoms with E-state index in [-0.39, 0.29) is 16.5 Å². The van der Waals surface area contributed by atoms with Gasteiger partial charge in [0.25, 0.3) is 15.9 Å². The number of anilines is 1. The van der Waals surface area contributed by atoms with Gasteiger partial charge < -0.3 is 14.7 Å². The van der Waals surface area contributed by atoms with Crippen molar-refractivity contribution >= 4 is 21.6 Å². The van der Waals surface area contributed by atoms with E-state index in [9.17, 15) is 13.2 Å². The van der Waals surface area contributed by atoms with Gasteiger partial charge in [0, 0.05) is 70.8 Å². The third kappa shape index (κ3) is 4.64. The number of aromatic nitrogens is 2. The molecule has 2 aliphatic rings. The summed E-state index contributed by atoms with van der Waals surface area (Å²) in [6, 6.07) is 6.21. The maximum atomic E-state index is 13.6. The van der Waals surface area contributed by atoms with Crippen molar-refractivity contribution in [1.82, 2.24) is 23.9 Å². The van der Waals surface area contributed by atoms with E-state index in [1.165, 1.54) is 15.4 Å². The molecule has 0 saturated carbocycles. The molecule has 2 aromatic rings. The molecule has 0 spiro atoms. The van der Waals surface area contributed by atoms with Crippen LogP contribution in [0.3, 0.4) is 0 Å². The minimum atomic E-state index is -3.88. The van der Waals surface area contributed by atoms with Crippen LogP contribution in [-0.2, 0) is 16.6 Å². The van der Waals surface area contributed by atoms with Crippen LogP contribution in [0.5, 0.6) is 0 Å². The summed E-state index contributed by atoms with van der Waals surface area (Å²) in [5.74, 6) is -0.254. The van der Waals surface area contributed by atoms with Crippen molar-refractivity contribution in [3.05, 3.63) is 41.1 Å². The quantitative estimate of drug-likeness (QED) is 0.652. The Morgan fingerprint density at radius 3 is 2.30 bits per heavy atom. The largest absolute Gasteiger partial charge is 0.369 e. The zero-order valence-electron chi connectivity index (χ0n) is 20.0. The SMILES string of the molecule is CCn1cc(C(=O)N2CCN(C)CC2)c(S(=O)(=O)N2CCN(c3cccc(C)c3C)CC2)n1. The number of likely N-dealkylation sites (N-methyl/N-ethyl adjacent to an activating group) is 1.